The van der Waals surface area contributed by atoms with E-state index in [-0.39, 0.29) is 18.3 Å². The first kappa shape index (κ1) is 22.2. The molecule has 2 aromatic carbocycles. The Labute approximate surface area is 166 Å². The molecule has 2 rings (SSSR count). The van der Waals surface area contributed by atoms with Gasteiger partial charge in [0.1, 0.15) is 0 Å². The van der Waals surface area contributed by atoms with Gasteiger partial charge >= 0.3 is 11.9 Å². The molecule has 0 atom stereocenters. The SMILES string of the molecule is CCOC(=O)C(F)(F)CCO[Si](c1ccccc1)(c1ccccc1)C(C)(C)C. The number of carbonyl (C=O) groups is 1. The van der Waals surface area contributed by atoms with Gasteiger partial charge in [-0.05, 0) is 22.3 Å². The van der Waals surface area contributed by atoms with Gasteiger partial charge in [0, 0.05) is 13.0 Å². The third kappa shape index (κ3) is 4.67. The van der Waals surface area contributed by atoms with Crippen molar-refractivity contribution in [1.82, 2.24) is 0 Å². The van der Waals surface area contributed by atoms with Crippen LogP contribution < -0.4 is 10.4 Å². The molecule has 0 N–H and O–H groups in total. The summed E-state index contributed by atoms with van der Waals surface area (Å²) in [5.74, 6) is -5.07. The first-order valence-corrected chi connectivity index (χ1v) is 11.4. The number of hydrogen-bond acceptors (Lipinski definition) is 3. The molecule has 0 aliphatic heterocycles. The molecule has 0 bridgehead atoms. The fourth-order valence-electron chi connectivity index (χ4n) is 3.43. The fourth-order valence-corrected chi connectivity index (χ4v) is 8.00. The third-order valence-electron chi connectivity index (χ3n) is 4.73. The van der Waals surface area contributed by atoms with Gasteiger partial charge < -0.3 is 9.16 Å². The van der Waals surface area contributed by atoms with E-state index in [1.807, 2.05) is 60.7 Å². The van der Waals surface area contributed by atoms with Gasteiger partial charge in [0.2, 0.25) is 0 Å². The second-order valence-electron chi connectivity index (χ2n) is 7.69. The van der Waals surface area contributed by atoms with Crippen molar-refractivity contribution in [2.75, 3.05) is 13.2 Å². The maximum absolute atomic E-state index is 14.1. The van der Waals surface area contributed by atoms with Crippen LogP contribution in [0.15, 0.2) is 60.7 Å². The van der Waals surface area contributed by atoms with E-state index in [0.717, 1.165) is 10.4 Å². The lowest BCUT2D eigenvalue weighted by atomic mass is 10.2. The molecule has 152 valence electrons. The number of alkyl halides is 2. The summed E-state index contributed by atoms with van der Waals surface area (Å²) < 4.78 is 39.2. The molecule has 0 unspecified atom stereocenters. The number of hydrogen-bond donors (Lipinski definition) is 0. The number of rotatable bonds is 8. The van der Waals surface area contributed by atoms with Gasteiger partial charge in [-0.2, -0.15) is 8.78 Å². The van der Waals surface area contributed by atoms with E-state index in [1.54, 1.807) is 0 Å². The average Bonchev–Trinajstić information content (AvgIpc) is 2.66. The number of ether oxygens (including phenoxy) is 1. The van der Waals surface area contributed by atoms with Crippen molar-refractivity contribution in [3.05, 3.63) is 60.7 Å². The quantitative estimate of drug-likeness (QED) is 0.488. The summed E-state index contributed by atoms with van der Waals surface area (Å²) in [6.45, 7) is 7.41. The van der Waals surface area contributed by atoms with Crippen LogP contribution in [0.4, 0.5) is 8.78 Å². The highest BCUT2D eigenvalue weighted by Crippen LogP contribution is 2.37. The molecule has 0 amide bonds. The number of carbonyl (C=O) groups excluding carboxylic acids is 1. The molecule has 0 heterocycles. The molecule has 6 heteroatoms. The summed E-state index contributed by atoms with van der Waals surface area (Å²) >= 11 is 0. The van der Waals surface area contributed by atoms with Crippen molar-refractivity contribution in [3.63, 3.8) is 0 Å². The molecule has 3 nitrogen and oxygen atoms in total. The van der Waals surface area contributed by atoms with Gasteiger partial charge in [-0.3, -0.25) is 0 Å². The summed E-state index contributed by atoms with van der Waals surface area (Å²) in [7, 11) is -2.89. The van der Waals surface area contributed by atoms with Crippen molar-refractivity contribution in [3.8, 4) is 0 Å². The van der Waals surface area contributed by atoms with E-state index < -0.39 is 26.6 Å². The topological polar surface area (TPSA) is 35.5 Å². The van der Waals surface area contributed by atoms with E-state index in [9.17, 15) is 13.6 Å². The summed E-state index contributed by atoms with van der Waals surface area (Å²) in [4.78, 5) is 11.5. The Morgan fingerprint density at radius 1 is 0.929 bits per heavy atom. The van der Waals surface area contributed by atoms with Gasteiger partial charge in [-0.1, -0.05) is 81.4 Å². The Morgan fingerprint density at radius 3 is 1.79 bits per heavy atom. The van der Waals surface area contributed by atoms with Crippen LogP contribution in [0.5, 0.6) is 0 Å². The normalized spacial score (nSPS) is 12.6. The van der Waals surface area contributed by atoms with Gasteiger partial charge in [-0.15, -0.1) is 0 Å². The minimum absolute atomic E-state index is 0.0794. The molecule has 0 radical (unpaired) electrons. The molecule has 0 aliphatic carbocycles. The maximum Gasteiger partial charge on any atom is 0.377 e. The number of esters is 1. The lowest BCUT2D eigenvalue weighted by Gasteiger charge is -2.43. The summed E-state index contributed by atoms with van der Waals surface area (Å²) in [5.41, 5.74) is 0. The van der Waals surface area contributed by atoms with Crippen LogP contribution in [0.25, 0.3) is 0 Å². The zero-order valence-corrected chi connectivity index (χ0v) is 17.9. The second kappa shape index (κ2) is 8.96. The Balaban J connectivity index is 2.41. The van der Waals surface area contributed by atoms with Crippen LogP contribution in [0, 0.1) is 0 Å². The number of benzene rings is 2. The smallest absolute Gasteiger partial charge is 0.377 e. The van der Waals surface area contributed by atoms with Gasteiger partial charge in [0.25, 0.3) is 8.32 Å². The van der Waals surface area contributed by atoms with Crippen molar-refractivity contribution >= 4 is 24.7 Å². The van der Waals surface area contributed by atoms with E-state index in [1.165, 1.54) is 6.92 Å². The van der Waals surface area contributed by atoms with Crippen molar-refractivity contribution in [2.24, 2.45) is 0 Å². The molecule has 0 saturated carbocycles. The molecule has 0 saturated heterocycles. The molecule has 28 heavy (non-hydrogen) atoms. The van der Waals surface area contributed by atoms with Gasteiger partial charge in [-0.25, -0.2) is 4.79 Å². The third-order valence-corrected chi connectivity index (χ3v) is 9.77. The van der Waals surface area contributed by atoms with Gasteiger partial charge in [0.05, 0.1) is 6.61 Å². The summed E-state index contributed by atoms with van der Waals surface area (Å²) in [6, 6.07) is 19.6. The van der Waals surface area contributed by atoms with Crippen LogP contribution in [0.1, 0.15) is 34.1 Å². The van der Waals surface area contributed by atoms with Crippen LogP contribution >= 0.6 is 0 Å². The van der Waals surface area contributed by atoms with Crippen LogP contribution in [-0.4, -0.2) is 33.4 Å². The molecule has 0 aromatic heterocycles. The Bertz CT molecular complexity index is 719. The first-order valence-electron chi connectivity index (χ1n) is 9.45. The zero-order chi connectivity index (χ0) is 20.8. The zero-order valence-electron chi connectivity index (χ0n) is 16.9. The minimum Gasteiger partial charge on any atom is -0.462 e. The molecular formula is C22H28F2O3Si. The minimum atomic E-state index is -3.57. The highest BCUT2D eigenvalue weighted by atomic mass is 28.4. The van der Waals surface area contributed by atoms with Crippen LogP contribution in [0.2, 0.25) is 5.04 Å². The van der Waals surface area contributed by atoms with E-state index in [2.05, 4.69) is 25.5 Å². The molecule has 2 aromatic rings. The van der Waals surface area contributed by atoms with E-state index in [4.69, 9.17) is 4.43 Å². The first-order chi connectivity index (χ1) is 13.1. The Kier molecular flexibility index (Phi) is 7.12. The van der Waals surface area contributed by atoms with E-state index in [0.29, 0.717) is 0 Å². The fraction of sp³-hybridized carbons (Fsp3) is 0.409. The predicted molar refractivity (Wildman–Crippen MR) is 110 cm³/mol. The average molecular weight is 407 g/mol. The maximum atomic E-state index is 14.1. The molecule has 0 fully saturated rings. The second-order valence-corrected chi connectivity index (χ2v) is 12.0. The molecular weight excluding hydrogens is 378 g/mol. The number of halogens is 2. The van der Waals surface area contributed by atoms with Crippen molar-refractivity contribution in [2.45, 2.75) is 45.1 Å². The monoisotopic (exact) mass is 406 g/mol. The van der Waals surface area contributed by atoms with Crippen molar-refractivity contribution in [1.29, 1.82) is 0 Å². The Morgan fingerprint density at radius 2 is 1.39 bits per heavy atom. The highest BCUT2D eigenvalue weighted by molar-refractivity contribution is 6.99. The van der Waals surface area contributed by atoms with Crippen LogP contribution in [0.3, 0.4) is 0 Å². The summed E-state index contributed by atoms with van der Waals surface area (Å²) in [5, 5.41) is 1.70. The molecule has 0 aliphatic rings. The standard InChI is InChI=1S/C22H28F2O3Si/c1-5-26-20(25)22(23,24)16-17-27-28(21(2,3)4,18-12-8-6-9-13-18)19-14-10-7-11-15-19/h6-15H,5,16-17H2,1-4H3. The van der Waals surface area contributed by atoms with Crippen molar-refractivity contribution < 1.29 is 22.7 Å². The highest BCUT2D eigenvalue weighted by Gasteiger charge is 2.51. The lowest BCUT2D eigenvalue weighted by molar-refractivity contribution is -0.173. The lowest BCUT2D eigenvalue weighted by Crippen LogP contribution is -2.66. The largest absolute Gasteiger partial charge is 0.462 e. The Hall–Kier alpha value is -2.05. The molecule has 0 spiro atoms. The predicted octanol–water partition coefficient (Wildman–Crippen LogP) is 4.15. The van der Waals surface area contributed by atoms with Gasteiger partial charge in [0.15, 0.2) is 0 Å². The summed E-state index contributed by atoms with van der Waals surface area (Å²) in [6.07, 6.45) is -0.712. The van der Waals surface area contributed by atoms with E-state index >= 15 is 0 Å². The van der Waals surface area contributed by atoms with Crippen LogP contribution in [-0.2, 0) is 14.0 Å².